The Hall–Kier alpha value is -0.680. The fourth-order valence-electron chi connectivity index (χ4n) is 0.699. The van der Waals surface area contributed by atoms with E-state index in [1.54, 1.807) is 6.07 Å². The van der Waals surface area contributed by atoms with E-state index in [-0.39, 0.29) is 24.8 Å². The van der Waals surface area contributed by atoms with Gasteiger partial charge in [-0.25, -0.2) is 0 Å². The van der Waals surface area contributed by atoms with Crippen LogP contribution in [0, 0.1) is 0 Å². The molecule has 1 aromatic carbocycles. The van der Waals surface area contributed by atoms with Gasteiger partial charge in [0.2, 0.25) is 0 Å². The predicted octanol–water partition coefficient (Wildman–Crippen LogP) is 1.10. The first kappa shape index (κ1) is 13.9. The van der Waals surface area contributed by atoms with Gasteiger partial charge < -0.3 is 10.9 Å². The van der Waals surface area contributed by atoms with Gasteiger partial charge in [-0.05, 0) is 18.2 Å². The van der Waals surface area contributed by atoms with Gasteiger partial charge >= 0.3 is 0 Å². The molecule has 0 spiro atoms. The van der Waals surface area contributed by atoms with Gasteiger partial charge in [0.1, 0.15) is 0 Å². The number of nitrogens with two attached hydrogens (primary N) is 2. The lowest BCUT2D eigenvalue weighted by Gasteiger charge is -2.02. The highest BCUT2D eigenvalue weighted by Gasteiger charge is 1.88. The van der Waals surface area contributed by atoms with Crippen LogP contribution in [0.25, 0.3) is 0 Å². The molecule has 0 unspecified atom stereocenters. The summed E-state index contributed by atoms with van der Waals surface area (Å²) in [7, 11) is 0. The van der Waals surface area contributed by atoms with Crippen LogP contribution in [-0.2, 0) is 0 Å². The zero-order chi connectivity index (χ0) is 7.40. The third kappa shape index (κ3) is 3.64. The van der Waals surface area contributed by atoms with Gasteiger partial charge in [-0.3, -0.25) is 11.7 Å². The largest absolute Gasteiger partial charge is 0.324 e. The molecule has 0 aliphatic rings. The van der Waals surface area contributed by atoms with Gasteiger partial charge in [0.05, 0.1) is 11.4 Å². The van der Waals surface area contributed by atoms with E-state index in [0.717, 1.165) is 11.4 Å². The van der Waals surface area contributed by atoms with Crippen molar-refractivity contribution >= 4 is 36.2 Å². The Morgan fingerprint density at radius 2 is 1.33 bits per heavy atom. The second kappa shape index (κ2) is 7.00. The van der Waals surface area contributed by atoms with Crippen molar-refractivity contribution in [3.05, 3.63) is 24.3 Å². The molecule has 0 amide bonds. The molecule has 0 bridgehead atoms. The Kier molecular flexibility index (Phi) is 8.09. The van der Waals surface area contributed by atoms with Crippen molar-refractivity contribution in [1.82, 2.24) is 0 Å². The third-order valence-corrected chi connectivity index (χ3v) is 1.20. The SMILES string of the molecule is Cl.Cl.NNc1cccc(NN)c1. The van der Waals surface area contributed by atoms with E-state index < -0.39 is 0 Å². The summed E-state index contributed by atoms with van der Waals surface area (Å²) in [6.45, 7) is 0. The summed E-state index contributed by atoms with van der Waals surface area (Å²) in [5, 5.41) is 0. The lowest BCUT2D eigenvalue weighted by Crippen LogP contribution is -2.09. The first-order valence-corrected chi connectivity index (χ1v) is 2.90. The Morgan fingerprint density at radius 1 is 0.917 bits per heavy atom. The smallest absolute Gasteiger partial charge is 0.0506 e. The molecular weight excluding hydrogens is 199 g/mol. The number of hydrogen-bond acceptors (Lipinski definition) is 4. The van der Waals surface area contributed by atoms with Crippen LogP contribution in [0.3, 0.4) is 0 Å². The number of halogens is 2. The molecule has 70 valence electrons. The Morgan fingerprint density at radius 3 is 1.67 bits per heavy atom. The standard InChI is InChI=1S/C6H10N4.2ClH/c7-9-5-2-1-3-6(4-5)10-8;;/h1-4,9-10H,7-8H2;2*1H. The van der Waals surface area contributed by atoms with Crippen LogP contribution in [0.2, 0.25) is 0 Å². The molecule has 0 radical (unpaired) electrons. The Labute approximate surface area is 83.5 Å². The fourth-order valence-corrected chi connectivity index (χ4v) is 0.699. The van der Waals surface area contributed by atoms with Gasteiger partial charge in [0, 0.05) is 0 Å². The number of hydrazine groups is 2. The minimum absolute atomic E-state index is 0. The van der Waals surface area contributed by atoms with E-state index in [0.29, 0.717) is 0 Å². The maximum Gasteiger partial charge on any atom is 0.0506 e. The Balaban J connectivity index is 0. The molecule has 1 aromatic rings. The van der Waals surface area contributed by atoms with Crippen LogP contribution in [0.5, 0.6) is 0 Å². The van der Waals surface area contributed by atoms with Crippen molar-refractivity contribution in [3.8, 4) is 0 Å². The molecule has 6 heteroatoms. The molecule has 0 aliphatic carbocycles. The van der Waals surface area contributed by atoms with Gasteiger partial charge in [0.15, 0.2) is 0 Å². The number of nitrogens with one attached hydrogen (secondary N) is 2. The van der Waals surface area contributed by atoms with Crippen molar-refractivity contribution in [2.75, 3.05) is 10.9 Å². The van der Waals surface area contributed by atoms with E-state index in [1.807, 2.05) is 18.2 Å². The van der Waals surface area contributed by atoms with Gasteiger partial charge in [-0.15, -0.1) is 24.8 Å². The second-order valence-electron chi connectivity index (χ2n) is 1.87. The minimum atomic E-state index is 0. The maximum atomic E-state index is 5.15. The lowest BCUT2D eigenvalue weighted by molar-refractivity contribution is 1.32. The summed E-state index contributed by atoms with van der Waals surface area (Å²) < 4.78 is 0. The highest BCUT2D eigenvalue weighted by Crippen LogP contribution is 2.11. The zero-order valence-corrected chi connectivity index (χ0v) is 7.91. The average molecular weight is 211 g/mol. The number of nitrogen functional groups attached to an aromatic ring is 2. The molecule has 0 fully saturated rings. The molecule has 0 atom stereocenters. The second-order valence-corrected chi connectivity index (χ2v) is 1.87. The highest BCUT2D eigenvalue weighted by atomic mass is 35.5. The summed E-state index contributed by atoms with van der Waals surface area (Å²) in [5.74, 6) is 10.3. The van der Waals surface area contributed by atoms with E-state index in [1.165, 1.54) is 0 Å². The predicted molar refractivity (Wildman–Crippen MR) is 56.6 cm³/mol. The number of hydrogen-bond donors (Lipinski definition) is 4. The number of benzene rings is 1. The van der Waals surface area contributed by atoms with Crippen LogP contribution in [-0.4, -0.2) is 0 Å². The quantitative estimate of drug-likeness (QED) is 0.436. The van der Waals surface area contributed by atoms with Gasteiger partial charge in [-0.2, -0.15) is 0 Å². The first-order chi connectivity index (χ1) is 4.86. The molecule has 0 saturated heterocycles. The number of anilines is 2. The molecule has 0 aromatic heterocycles. The van der Waals surface area contributed by atoms with Crippen molar-refractivity contribution in [2.24, 2.45) is 11.7 Å². The Bertz CT molecular complexity index is 199. The summed E-state index contributed by atoms with van der Waals surface area (Å²) >= 11 is 0. The van der Waals surface area contributed by atoms with Crippen LogP contribution >= 0.6 is 24.8 Å². The van der Waals surface area contributed by atoms with Gasteiger partial charge in [0.25, 0.3) is 0 Å². The van der Waals surface area contributed by atoms with E-state index in [2.05, 4.69) is 10.9 Å². The monoisotopic (exact) mass is 210 g/mol. The van der Waals surface area contributed by atoms with Crippen molar-refractivity contribution in [2.45, 2.75) is 0 Å². The molecule has 6 N–H and O–H groups in total. The highest BCUT2D eigenvalue weighted by molar-refractivity contribution is 5.85. The van der Waals surface area contributed by atoms with Crippen LogP contribution in [0.4, 0.5) is 11.4 Å². The molecule has 4 nitrogen and oxygen atoms in total. The minimum Gasteiger partial charge on any atom is -0.324 e. The molecule has 0 heterocycles. The van der Waals surface area contributed by atoms with Crippen molar-refractivity contribution < 1.29 is 0 Å². The van der Waals surface area contributed by atoms with Gasteiger partial charge in [-0.1, -0.05) is 6.07 Å². The first-order valence-electron chi connectivity index (χ1n) is 2.90. The van der Waals surface area contributed by atoms with Crippen molar-refractivity contribution in [3.63, 3.8) is 0 Å². The molecule has 1 rings (SSSR count). The summed E-state index contributed by atoms with van der Waals surface area (Å²) in [5.41, 5.74) is 6.67. The molecule has 0 saturated carbocycles. The average Bonchev–Trinajstić information content (AvgIpc) is 2.05. The molecule has 12 heavy (non-hydrogen) atoms. The van der Waals surface area contributed by atoms with Crippen LogP contribution in [0.1, 0.15) is 0 Å². The van der Waals surface area contributed by atoms with Crippen LogP contribution < -0.4 is 22.5 Å². The topological polar surface area (TPSA) is 76.1 Å². The molecule has 0 aliphatic heterocycles. The van der Waals surface area contributed by atoms with Crippen molar-refractivity contribution in [1.29, 1.82) is 0 Å². The zero-order valence-electron chi connectivity index (χ0n) is 6.28. The lowest BCUT2D eigenvalue weighted by atomic mass is 10.3. The fraction of sp³-hybridized carbons (Fsp3) is 0. The van der Waals surface area contributed by atoms with E-state index in [9.17, 15) is 0 Å². The van der Waals surface area contributed by atoms with E-state index in [4.69, 9.17) is 11.7 Å². The third-order valence-electron chi connectivity index (χ3n) is 1.20. The summed E-state index contributed by atoms with van der Waals surface area (Å²) in [6.07, 6.45) is 0. The maximum absolute atomic E-state index is 5.15. The summed E-state index contributed by atoms with van der Waals surface area (Å²) in [4.78, 5) is 0. The molecular formula is C6H12Cl2N4. The number of rotatable bonds is 2. The van der Waals surface area contributed by atoms with Crippen LogP contribution in [0.15, 0.2) is 24.3 Å². The summed E-state index contributed by atoms with van der Waals surface area (Å²) in [6, 6.07) is 7.35. The van der Waals surface area contributed by atoms with E-state index >= 15 is 0 Å². The normalized spacial score (nSPS) is 7.50.